The van der Waals surface area contributed by atoms with Crippen LogP contribution in [0.5, 0.6) is 5.75 Å². The molecule has 2 N–H and O–H groups in total. The summed E-state index contributed by atoms with van der Waals surface area (Å²) in [4.78, 5) is 24.0. The van der Waals surface area contributed by atoms with Crippen LogP contribution in [-0.2, 0) is 16.1 Å². The average Bonchev–Trinajstić information content (AvgIpc) is 2.54. The number of carbonyl (C=O) groups is 2. The van der Waals surface area contributed by atoms with Gasteiger partial charge in [-0.3, -0.25) is 14.5 Å². The molecule has 1 saturated heterocycles. The Hall–Kier alpha value is -1.88. The highest BCUT2D eigenvalue weighted by molar-refractivity contribution is 6.05. The summed E-state index contributed by atoms with van der Waals surface area (Å²) in [7, 11) is 1.49. The zero-order valence-corrected chi connectivity index (χ0v) is 9.51. The van der Waals surface area contributed by atoms with Crippen LogP contribution in [-0.4, -0.2) is 34.9 Å². The molecule has 1 aromatic rings. The number of carbonyl (C=O) groups excluding carboxylic acids is 2. The number of amides is 2. The Kier molecular flexibility index (Phi) is 3.10. The molecule has 0 radical (unpaired) electrons. The smallest absolute Gasteiger partial charge is 0.246 e. The number of benzene rings is 1. The maximum absolute atomic E-state index is 11.6. The van der Waals surface area contributed by atoms with E-state index in [0.29, 0.717) is 6.54 Å². The highest BCUT2D eigenvalue weighted by Gasteiger charge is 2.35. The van der Waals surface area contributed by atoms with E-state index in [9.17, 15) is 14.7 Å². The van der Waals surface area contributed by atoms with Crippen molar-refractivity contribution in [3.8, 4) is 5.75 Å². The van der Waals surface area contributed by atoms with E-state index in [-0.39, 0.29) is 24.0 Å². The van der Waals surface area contributed by atoms with E-state index < -0.39 is 6.04 Å². The van der Waals surface area contributed by atoms with E-state index in [1.54, 1.807) is 18.2 Å². The molecule has 17 heavy (non-hydrogen) atoms. The van der Waals surface area contributed by atoms with E-state index in [0.717, 1.165) is 10.5 Å². The summed E-state index contributed by atoms with van der Waals surface area (Å²) in [5.41, 5.74) is 0.875. The number of phenolic OH excluding ortho intramolecular Hbond substituents is 1. The predicted octanol–water partition coefficient (Wildman–Crippen LogP) is 0.239. The Morgan fingerprint density at radius 1 is 1.47 bits per heavy atom. The van der Waals surface area contributed by atoms with E-state index >= 15 is 0 Å². The van der Waals surface area contributed by atoms with Gasteiger partial charge < -0.3 is 10.4 Å². The zero-order chi connectivity index (χ0) is 12.4. The first kappa shape index (κ1) is 11.6. The first-order chi connectivity index (χ1) is 8.08. The number of aromatic hydroxyl groups is 1. The van der Waals surface area contributed by atoms with Crippen molar-refractivity contribution in [2.75, 3.05) is 7.05 Å². The lowest BCUT2D eigenvalue weighted by Crippen LogP contribution is -2.36. The number of likely N-dealkylation sites (N-methyl/N-ethyl adjacent to an activating group) is 1. The lowest BCUT2D eigenvalue weighted by atomic mass is 10.2. The maximum atomic E-state index is 11.6. The van der Waals surface area contributed by atoms with Crippen molar-refractivity contribution in [2.24, 2.45) is 0 Å². The van der Waals surface area contributed by atoms with Gasteiger partial charge in [0.1, 0.15) is 5.75 Å². The molecule has 0 aromatic heterocycles. The van der Waals surface area contributed by atoms with Gasteiger partial charge in [0.25, 0.3) is 0 Å². The van der Waals surface area contributed by atoms with Gasteiger partial charge in [-0.2, -0.15) is 0 Å². The molecular weight excluding hydrogens is 220 g/mol. The van der Waals surface area contributed by atoms with Gasteiger partial charge in [-0.15, -0.1) is 0 Å². The molecule has 5 heteroatoms. The largest absolute Gasteiger partial charge is 0.508 e. The number of nitrogens with one attached hydrogen (secondary N) is 1. The minimum absolute atomic E-state index is 0.164. The van der Waals surface area contributed by atoms with Gasteiger partial charge in [0, 0.05) is 13.6 Å². The molecule has 1 fully saturated rings. The van der Waals surface area contributed by atoms with Gasteiger partial charge in [0.2, 0.25) is 11.8 Å². The fraction of sp³-hybridized carbons (Fsp3) is 0.333. The summed E-state index contributed by atoms with van der Waals surface area (Å²) in [5, 5.41) is 12.3. The van der Waals surface area contributed by atoms with Crippen molar-refractivity contribution < 1.29 is 14.7 Å². The first-order valence-electron chi connectivity index (χ1n) is 5.39. The Balaban J connectivity index is 1.95. The van der Waals surface area contributed by atoms with Crippen LogP contribution in [0.3, 0.4) is 0 Å². The molecule has 5 nitrogen and oxygen atoms in total. The van der Waals surface area contributed by atoms with Crippen molar-refractivity contribution >= 4 is 11.8 Å². The van der Waals surface area contributed by atoms with Crippen LogP contribution in [0.4, 0.5) is 0 Å². The topological polar surface area (TPSA) is 69.6 Å². The predicted molar refractivity (Wildman–Crippen MR) is 61.1 cm³/mol. The van der Waals surface area contributed by atoms with Crippen LogP contribution in [0.2, 0.25) is 0 Å². The lowest BCUT2D eigenvalue weighted by molar-refractivity contribution is -0.137. The second-order valence-corrected chi connectivity index (χ2v) is 4.10. The maximum Gasteiger partial charge on any atom is 0.246 e. The number of hydrogen-bond acceptors (Lipinski definition) is 4. The van der Waals surface area contributed by atoms with Gasteiger partial charge in [-0.05, 0) is 17.7 Å². The first-order valence-corrected chi connectivity index (χ1v) is 5.39. The van der Waals surface area contributed by atoms with Crippen LogP contribution in [0.1, 0.15) is 12.0 Å². The average molecular weight is 234 g/mol. The fourth-order valence-electron chi connectivity index (χ4n) is 1.82. The number of imide groups is 1. The zero-order valence-electron chi connectivity index (χ0n) is 9.51. The molecule has 1 aromatic carbocycles. The monoisotopic (exact) mass is 234 g/mol. The third kappa shape index (κ3) is 2.45. The van der Waals surface area contributed by atoms with Crippen molar-refractivity contribution in [1.29, 1.82) is 0 Å². The molecule has 1 atom stereocenters. The summed E-state index contributed by atoms with van der Waals surface area (Å²) < 4.78 is 0. The van der Waals surface area contributed by atoms with E-state index in [4.69, 9.17) is 0 Å². The molecular formula is C12H14N2O3. The normalized spacial score (nSPS) is 20.1. The quantitative estimate of drug-likeness (QED) is 0.735. The van der Waals surface area contributed by atoms with Gasteiger partial charge in [0.05, 0.1) is 12.5 Å². The van der Waals surface area contributed by atoms with Gasteiger partial charge in [-0.1, -0.05) is 12.1 Å². The third-order valence-corrected chi connectivity index (χ3v) is 2.84. The molecule has 2 amide bonds. The Morgan fingerprint density at radius 2 is 2.24 bits per heavy atom. The number of hydrogen-bond donors (Lipinski definition) is 2. The van der Waals surface area contributed by atoms with Crippen molar-refractivity contribution in [1.82, 2.24) is 10.2 Å². The van der Waals surface area contributed by atoms with Crippen LogP contribution >= 0.6 is 0 Å². The summed E-state index contributed by atoms with van der Waals surface area (Å²) in [6.45, 7) is 0.450. The number of phenols is 1. The summed E-state index contributed by atoms with van der Waals surface area (Å²) >= 11 is 0. The highest BCUT2D eigenvalue weighted by Crippen LogP contribution is 2.13. The molecule has 90 valence electrons. The van der Waals surface area contributed by atoms with Crippen molar-refractivity contribution in [2.45, 2.75) is 19.0 Å². The number of likely N-dealkylation sites (tertiary alicyclic amines) is 1. The third-order valence-electron chi connectivity index (χ3n) is 2.84. The highest BCUT2D eigenvalue weighted by atomic mass is 16.3. The molecule has 0 bridgehead atoms. The second kappa shape index (κ2) is 4.55. The van der Waals surface area contributed by atoms with Gasteiger partial charge in [-0.25, -0.2) is 0 Å². The number of nitrogens with zero attached hydrogens (tertiary/aromatic N) is 1. The second-order valence-electron chi connectivity index (χ2n) is 4.10. The molecule has 1 aliphatic heterocycles. The van der Waals surface area contributed by atoms with Crippen LogP contribution in [0, 0.1) is 0 Å². The van der Waals surface area contributed by atoms with Crippen LogP contribution in [0.15, 0.2) is 24.3 Å². The lowest BCUT2D eigenvalue weighted by Gasteiger charge is -2.11. The Labute approximate surface area is 99.0 Å². The van der Waals surface area contributed by atoms with Crippen LogP contribution < -0.4 is 5.32 Å². The van der Waals surface area contributed by atoms with Crippen LogP contribution in [0.25, 0.3) is 0 Å². The molecule has 1 heterocycles. The summed E-state index contributed by atoms with van der Waals surface area (Å²) in [5.74, 6) is -0.172. The Bertz CT molecular complexity index is 459. The summed E-state index contributed by atoms with van der Waals surface area (Å²) in [6.07, 6.45) is 0.203. The molecule has 0 aliphatic carbocycles. The van der Waals surface area contributed by atoms with E-state index in [1.807, 2.05) is 6.07 Å². The van der Waals surface area contributed by atoms with Gasteiger partial charge >= 0.3 is 0 Å². The van der Waals surface area contributed by atoms with E-state index in [1.165, 1.54) is 7.05 Å². The molecule has 1 aliphatic rings. The minimum Gasteiger partial charge on any atom is -0.508 e. The molecule has 2 rings (SSSR count). The van der Waals surface area contributed by atoms with Crippen molar-refractivity contribution in [3.05, 3.63) is 29.8 Å². The minimum atomic E-state index is -0.449. The molecule has 0 spiro atoms. The molecule has 0 saturated carbocycles. The fourth-order valence-corrected chi connectivity index (χ4v) is 1.82. The van der Waals surface area contributed by atoms with Gasteiger partial charge in [0.15, 0.2) is 0 Å². The van der Waals surface area contributed by atoms with Crippen molar-refractivity contribution in [3.63, 3.8) is 0 Å². The molecule has 1 unspecified atom stereocenters. The summed E-state index contributed by atoms with van der Waals surface area (Å²) in [6, 6.07) is 6.34. The Morgan fingerprint density at radius 3 is 2.82 bits per heavy atom. The number of rotatable bonds is 3. The van der Waals surface area contributed by atoms with E-state index in [2.05, 4.69) is 5.32 Å². The SMILES string of the molecule is CN1C(=O)CC(NCc2cccc(O)c2)C1=O. The standard InChI is InChI=1S/C12H14N2O3/c1-14-11(16)6-10(12(14)17)13-7-8-3-2-4-9(15)5-8/h2-5,10,13,15H,6-7H2,1H3.